The zero-order valence-corrected chi connectivity index (χ0v) is 6.49. The molecule has 7 nitrogen and oxygen atoms in total. The van der Waals surface area contributed by atoms with Crippen LogP contribution in [0, 0.1) is 0 Å². The van der Waals surface area contributed by atoms with E-state index in [4.69, 9.17) is 5.73 Å². The van der Waals surface area contributed by atoms with Crippen molar-refractivity contribution >= 4 is 5.95 Å². The van der Waals surface area contributed by atoms with Crippen molar-refractivity contribution in [3.63, 3.8) is 0 Å². The van der Waals surface area contributed by atoms with E-state index in [1.807, 2.05) is 0 Å². The van der Waals surface area contributed by atoms with Crippen LogP contribution in [0.15, 0.2) is 19.0 Å². The normalized spacial score (nSPS) is 9.85. The SMILES string of the molecule is Nc1ncnc(-c2ncncn2)n1. The minimum Gasteiger partial charge on any atom is -0.368 e. The van der Waals surface area contributed by atoms with Gasteiger partial charge in [0.2, 0.25) is 17.6 Å². The Hall–Kier alpha value is -2.18. The molecule has 2 N–H and O–H groups in total. The summed E-state index contributed by atoms with van der Waals surface area (Å²) in [5, 5.41) is 0. The molecule has 0 saturated carbocycles. The van der Waals surface area contributed by atoms with Crippen LogP contribution in [-0.4, -0.2) is 29.9 Å². The molecule has 0 saturated heterocycles. The number of hydrogen-bond acceptors (Lipinski definition) is 7. The molecule has 0 aliphatic carbocycles. The molecule has 0 aliphatic rings. The molecule has 0 aromatic carbocycles. The van der Waals surface area contributed by atoms with Gasteiger partial charge in [0.05, 0.1) is 0 Å². The molecule has 0 atom stereocenters. The predicted molar refractivity (Wildman–Crippen MR) is 43.1 cm³/mol. The molecule has 13 heavy (non-hydrogen) atoms. The van der Waals surface area contributed by atoms with Gasteiger partial charge in [0.25, 0.3) is 0 Å². The van der Waals surface area contributed by atoms with Crippen LogP contribution in [0.25, 0.3) is 11.6 Å². The average Bonchev–Trinajstić information content (AvgIpc) is 2.19. The smallest absolute Gasteiger partial charge is 0.223 e. The van der Waals surface area contributed by atoms with Gasteiger partial charge in [0.15, 0.2) is 0 Å². The van der Waals surface area contributed by atoms with Gasteiger partial charge in [-0.2, -0.15) is 4.98 Å². The van der Waals surface area contributed by atoms with Crippen LogP contribution in [0.2, 0.25) is 0 Å². The van der Waals surface area contributed by atoms with E-state index in [0.29, 0.717) is 11.6 Å². The first-order valence-corrected chi connectivity index (χ1v) is 3.43. The van der Waals surface area contributed by atoms with Crippen molar-refractivity contribution in [2.24, 2.45) is 0 Å². The molecule has 2 aromatic heterocycles. The second kappa shape index (κ2) is 3.05. The molecular weight excluding hydrogens is 170 g/mol. The molecule has 0 bridgehead atoms. The second-order valence-electron chi connectivity index (χ2n) is 2.13. The zero-order valence-electron chi connectivity index (χ0n) is 6.49. The molecule has 0 fully saturated rings. The number of nitrogen functional groups attached to an aromatic ring is 1. The van der Waals surface area contributed by atoms with E-state index in [-0.39, 0.29) is 5.95 Å². The van der Waals surface area contributed by atoms with Gasteiger partial charge in [-0.3, -0.25) is 0 Å². The highest BCUT2D eigenvalue weighted by Gasteiger charge is 2.03. The van der Waals surface area contributed by atoms with Crippen molar-refractivity contribution in [1.82, 2.24) is 29.9 Å². The Morgan fingerprint density at radius 1 is 0.846 bits per heavy atom. The lowest BCUT2D eigenvalue weighted by Crippen LogP contribution is -2.00. The number of anilines is 1. The summed E-state index contributed by atoms with van der Waals surface area (Å²) in [6, 6.07) is 0. The molecule has 7 heteroatoms. The van der Waals surface area contributed by atoms with E-state index in [1.165, 1.54) is 19.0 Å². The first kappa shape index (κ1) is 7.47. The maximum Gasteiger partial charge on any atom is 0.223 e. The fourth-order valence-corrected chi connectivity index (χ4v) is 0.771. The second-order valence-corrected chi connectivity index (χ2v) is 2.13. The van der Waals surface area contributed by atoms with Gasteiger partial charge in [-0.15, -0.1) is 0 Å². The van der Waals surface area contributed by atoms with Crippen molar-refractivity contribution in [3.05, 3.63) is 19.0 Å². The fraction of sp³-hybridized carbons (Fsp3) is 0. The molecule has 0 radical (unpaired) electrons. The van der Waals surface area contributed by atoms with Crippen LogP contribution in [0.1, 0.15) is 0 Å². The van der Waals surface area contributed by atoms with Gasteiger partial charge in [-0.25, -0.2) is 24.9 Å². The van der Waals surface area contributed by atoms with Gasteiger partial charge in [-0.05, 0) is 0 Å². The number of nitrogens with zero attached hydrogens (tertiary/aromatic N) is 6. The van der Waals surface area contributed by atoms with E-state index in [1.54, 1.807) is 0 Å². The number of hydrogen-bond donors (Lipinski definition) is 1. The standard InChI is InChI=1S/C6H5N7/c7-6-12-3-11-5(13-6)4-9-1-8-2-10-4/h1-3H,(H2,7,11,12,13). The lowest BCUT2D eigenvalue weighted by molar-refractivity contribution is 0.992. The third kappa shape index (κ3) is 1.53. The third-order valence-corrected chi connectivity index (χ3v) is 1.28. The Balaban J connectivity index is 2.48. The summed E-state index contributed by atoms with van der Waals surface area (Å²) < 4.78 is 0. The first-order chi connectivity index (χ1) is 6.36. The quantitative estimate of drug-likeness (QED) is 0.611. The monoisotopic (exact) mass is 175 g/mol. The molecule has 0 aliphatic heterocycles. The van der Waals surface area contributed by atoms with Crippen LogP contribution < -0.4 is 5.73 Å². The van der Waals surface area contributed by atoms with E-state index in [2.05, 4.69) is 29.9 Å². The highest BCUT2D eigenvalue weighted by atomic mass is 15.1. The number of aromatic nitrogens is 6. The molecule has 2 rings (SSSR count). The Morgan fingerprint density at radius 3 is 2.23 bits per heavy atom. The summed E-state index contributed by atoms with van der Waals surface area (Å²) in [5.41, 5.74) is 5.36. The molecular formula is C6H5N7. The third-order valence-electron chi connectivity index (χ3n) is 1.28. The zero-order chi connectivity index (χ0) is 9.10. The lowest BCUT2D eigenvalue weighted by atomic mass is 10.5. The van der Waals surface area contributed by atoms with Crippen LogP contribution >= 0.6 is 0 Å². The summed E-state index contributed by atoms with van der Waals surface area (Å²) in [7, 11) is 0. The number of rotatable bonds is 1. The summed E-state index contributed by atoms with van der Waals surface area (Å²) in [6.45, 7) is 0. The van der Waals surface area contributed by atoms with Crippen molar-refractivity contribution < 1.29 is 0 Å². The Morgan fingerprint density at radius 2 is 1.54 bits per heavy atom. The summed E-state index contributed by atoms with van der Waals surface area (Å²) >= 11 is 0. The van der Waals surface area contributed by atoms with Crippen molar-refractivity contribution in [2.75, 3.05) is 5.73 Å². The average molecular weight is 175 g/mol. The van der Waals surface area contributed by atoms with Gasteiger partial charge in [0, 0.05) is 0 Å². The van der Waals surface area contributed by atoms with Crippen LogP contribution in [-0.2, 0) is 0 Å². The number of nitrogens with two attached hydrogens (primary N) is 1. The molecule has 0 unspecified atom stereocenters. The van der Waals surface area contributed by atoms with E-state index >= 15 is 0 Å². The van der Waals surface area contributed by atoms with Gasteiger partial charge < -0.3 is 5.73 Å². The molecule has 2 aromatic rings. The van der Waals surface area contributed by atoms with E-state index in [0.717, 1.165) is 0 Å². The van der Waals surface area contributed by atoms with Gasteiger partial charge in [-0.1, -0.05) is 0 Å². The maximum absolute atomic E-state index is 5.36. The lowest BCUT2D eigenvalue weighted by Gasteiger charge is -1.95. The topological polar surface area (TPSA) is 103 Å². The minimum absolute atomic E-state index is 0.144. The van der Waals surface area contributed by atoms with Gasteiger partial charge >= 0.3 is 0 Å². The van der Waals surface area contributed by atoms with Crippen LogP contribution in [0.3, 0.4) is 0 Å². The molecule has 0 spiro atoms. The van der Waals surface area contributed by atoms with Crippen LogP contribution in [0.4, 0.5) is 5.95 Å². The minimum atomic E-state index is 0.144. The Bertz CT molecular complexity index is 401. The predicted octanol–water partition coefficient (Wildman–Crippen LogP) is -0.694. The van der Waals surface area contributed by atoms with Crippen molar-refractivity contribution in [2.45, 2.75) is 0 Å². The van der Waals surface area contributed by atoms with Crippen molar-refractivity contribution in [1.29, 1.82) is 0 Å². The summed E-state index contributed by atoms with van der Waals surface area (Å²) in [4.78, 5) is 22.7. The molecule has 64 valence electrons. The summed E-state index contributed by atoms with van der Waals surface area (Å²) in [6.07, 6.45) is 4.03. The van der Waals surface area contributed by atoms with Crippen molar-refractivity contribution in [3.8, 4) is 11.6 Å². The van der Waals surface area contributed by atoms with E-state index in [9.17, 15) is 0 Å². The van der Waals surface area contributed by atoms with Gasteiger partial charge in [0.1, 0.15) is 19.0 Å². The fourth-order valence-electron chi connectivity index (χ4n) is 0.771. The molecule has 0 amide bonds. The molecule has 2 heterocycles. The summed E-state index contributed by atoms with van der Waals surface area (Å²) in [5.74, 6) is 0.865. The highest BCUT2D eigenvalue weighted by Crippen LogP contribution is 2.04. The maximum atomic E-state index is 5.36. The largest absolute Gasteiger partial charge is 0.368 e. The van der Waals surface area contributed by atoms with Crippen LogP contribution in [0.5, 0.6) is 0 Å². The first-order valence-electron chi connectivity index (χ1n) is 3.43. The Kier molecular flexibility index (Phi) is 1.75. The Labute approximate surface area is 73.1 Å². The van der Waals surface area contributed by atoms with E-state index < -0.39 is 0 Å². The highest BCUT2D eigenvalue weighted by molar-refractivity contribution is 5.42.